The van der Waals surface area contributed by atoms with Gasteiger partial charge in [0, 0.05) is 6.20 Å². The molecule has 3 nitrogen and oxygen atoms in total. The molecule has 0 aliphatic heterocycles. The predicted octanol–water partition coefficient (Wildman–Crippen LogP) is 2.84. The summed E-state index contributed by atoms with van der Waals surface area (Å²) in [7, 11) is 0. The Labute approximate surface area is 84.7 Å². The van der Waals surface area contributed by atoms with Gasteiger partial charge in [0.1, 0.15) is 15.6 Å². The van der Waals surface area contributed by atoms with Gasteiger partial charge in [0.2, 0.25) is 0 Å². The van der Waals surface area contributed by atoms with Crippen molar-refractivity contribution in [1.82, 2.24) is 15.2 Å². The summed E-state index contributed by atoms with van der Waals surface area (Å²) in [6, 6.07) is 2.01. The first kappa shape index (κ1) is 8.69. The summed E-state index contributed by atoms with van der Waals surface area (Å²) in [6.45, 7) is 4.30. The van der Waals surface area contributed by atoms with Crippen molar-refractivity contribution in [1.29, 1.82) is 0 Å². The van der Waals surface area contributed by atoms with Crippen LogP contribution in [0.25, 0.3) is 11.0 Å². The molecule has 2 aromatic rings. The van der Waals surface area contributed by atoms with Crippen molar-refractivity contribution in [2.45, 2.75) is 19.8 Å². The summed E-state index contributed by atoms with van der Waals surface area (Å²) in [6.07, 6.45) is 1.82. The van der Waals surface area contributed by atoms with Crippen molar-refractivity contribution in [3.8, 4) is 0 Å². The first-order valence-electron chi connectivity index (χ1n) is 4.18. The maximum absolute atomic E-state index is 4.24. The fraction of sp³-hybridized carbons (Fsp3) is 0.333. The number of aromatic amines is 1. The molecular weight excluding hydrogens is 230 g/mol. The van der Waals surface area contributed by atoms with Gasteiger partial charge in [-0.3, -0.25) is 10.1 Å². The summed E-state index contributed by atoms with van der Waals surface area (Å²) < 4.78 is 0.852. The second-order valence-electron chi connectivity index (χ2n) is 3.29. The Morgan fingerprint density at radius 3 is 2.85 bits per heavy atom. The van der Waals surface area contributed by atoms with Crippen LogP contribution in [0.15, 0.2) is 16.9 Å². The lowest BCUT2D eigenvalue weighted by Crippen LogP contribution is -1.89. The number of halogens is 1. The third-order valence-corrected chi connectivity index (χ3v) is 2.60. The van der Waals surface area contributed by atoms with E-state index in [9.17, 15) is 0 Å². The second-order valence-corrected chi connectivity index (χ2v) is 4.08. The zero-order chi connectivity index (χ0) is 9.42. The number of hydrogen-bond acceptors (Lipinski definition) is 2. The number of H-pyrrole nitrogens is 1. The van der Waals surface area contributed by atoms with E-state index < -0.39 is 0 Å². The molecule has 0 unspecified atom stereocenters. The number of nitrogens with zero attached hydrogens (tertiary/aromatic N) is 2. The maximum Gasteiger partial charge on any atom is 0.127 e. The van der Waals surface area contributed by atoms with Crippen LogP contribution in [0.1, 0.15) is 25.3 Å². The topological polar surface area (TPSA) is 41.6 Å². The number of pyridine rings is 1. The summed E-state index contributed by atoms with van der Waals surface area (Å²) in [5, 5.41) is 7.08. The summed E-state index contributed by atoms with van der Waals surface area (Å²) in [5.74, 6) is 0.473. The van der Waals surface area contributed by atoms with Gasteiger partial charge in [-0.05, 0) is 33.5 Å². The molecule has 0 spiro atoms. The molecule has 2 rings (SSSR count). The number of aromatic nitrogens is 3. The van der Waals surface area contributed by atoms with Crippen LogP contribution in [0, 0.1) is 0 Å². The fourth-order valence-electron chi connectivity index (χ4n) is 1.37. The van der Waals surface area contributed by atoms with Gasteiger partial charge in [0.25, 0.3) is 0 Å². The zero-order valence-corrected chi connectivity index (χ0v) is 9.09. The van der Waals surface area contributed by atoms with Gasteiger partial charge >= 0.3 is 0 Å². The second kappa shape index (κ2) is 3.10. The molecular formula is C9H10BrN3. The standard InChI is InChI=1S/C9H10BrN3/c1-5(2)6-3-4-11-8-7(6)12-13-9(8)10/h3-5H,1-2H3,(H,12,13). The summed E-state index contributed by atoms with van der Waals surface area (Å²) in [4.78, 5) is 4.24. The average Bonchev–Trinajstić information content (AvgIpc) is 2.48. The summed E-state index contributed by atoms with van der Waals surface area (Å²) >= 11 is 3.37. The lowest BCUT2D eigenvalue weighted by molar-refractivity contribution is 0.869. The van der Waals surface area contributed by atoms with Crippen molar-refractivity contribution >= 4 is 27.0 Å². The van der Waals surface area contributed by atoms with Gasteiger partial charge in [-0.15, -0.1) is 0 Å². The van der Waals surface area contributed by atoms with Crippen molar-refractivity contribution in [3.05, 3.63) is 22.4 Å². The number of rotatable bonds is 1. The van der Waals surface area contributed by atoms with Crippen molar-refractivity contribution < 1.29 is 0 Å². The van der Waals surface area contributed by atoms with E-state index >= 15 is 0 Å². The molecule has 0 aliphatic carbocycles. The van der Waals surface area contributed by atoms with Crippen LogP contribution in [-0.2, 0) is 0 Å². The highest BCUT2D eigenvalue weighted by Crippen LogP contribution is 2.25. The van der Waals surface area contributed by atoms with Gasteiger partial charge in [-0.1, -0.05) is 13.8 Å². The Bertz CT molecular complexity index is 433. The Kier molecular flexibility index (Phi) is 2.07. The highest BCUT2D eigenvalue weighted by atomic mass is 79.9. The first-order chi connectivity index (χ1) is 6.20. The van der Waals surface area contributed by atoms with Gasteiger partial charge in [0.15, 0.2) is 0 Å². The molecule has 0 saturated carbocycles. The first-order valence-corrected chi connectivity index (χ1v) is 4.98. The van der Waals surface area contributed by atoms with E-state index in [1.807, 2.05) is 12.3 Å². The Morgan fingerprint density at radius 2 is 2.15 bits per heavy atom. The van der Waals surface area contributed by atoms with Gasteiger partial charge in [-0.2, -0.15) is 5.10 Å². The molecule has 1 N–H and O–H groups in total. The van der Waals surface area contributed by atoms with E-state index in [1.165, 1.54) is 5.56 Å². The highest BCUT2D eigenvalue weighted by molar-refractivity contribution is 9.10. The fourth-order valence-corrected chi connectivity index (χ4v) is 1.75. The third kappa shape index (κ3) is 1.35. The molecule has 0 atom stereocenters. The smallest absolute Gasteiger partial charge is 0.127 e. The Balaban J connectivity index is 2.77. The lowest BCUT2D eigenvalue weighted by atomic mass is 10.0. The van der Waals surface area contributed by atoms with Crippen molar-refractivity contribution in [3.63, 3.8) is 0 Å². The van der Waals surface area contributed by atoms with Crippen LogP contribution in [-0.4, -0.2) is 15.2 Å². The number of nitrogens with one attached hydrogen (secondary N) is 1. The molecule has 0 aliphatic rings. The molecule has 0 amide bonds. The number of hydrogen-bond donors (Lipinski definition) is 1. The average molecular weight is 240 g/mol. The van der Waals surface area contributed by atoms with E-state index in [-0.39, 0.29) is 0 Å². The Hall–Kier alpha value is -0.900. The van der Waals surface area contributed by atoms with E-state index in [0.29, 0.717) is 5.92 Å². The Morgan fingerprint density at radius 1 is 1.38 bits per heavy atom. The molecule has 4 heteroatoms. The van der Waals surface area contributed by atoms with Crippen molar-refractivity contribution in [2.75, 3.05) is 0 Å². The minimum absolute atomic E-state index is 0.473. The monoisotopic (exact) mass is 239 g/mol. The molecule has 0 saturated heterocycles. The molecule has 2 heterocycles. The molecule has 2 aromatic heterocycles. The van der Waals surface area contributed by atoms with Gasteiger partial charge in [0.05, 0.1) is 0 Å². The molecule has 0 aromatic carbocycles. The van der Waals surface area contributed by atoms with Crippen LogP contribution in [0.2, 0.25) is 0 Å². The minimum Gasteiger partial charge on any atom is -0.269 e. The molecule has 0 radical (unpaired) electrons. The van der Waals surface area contributed by atoms with E-state index in [4.69, 9.17) is 0 Å². The molecule has 13 heavy (non-hydrogen) atoms. The normalized spacial score (nSPS) is 11.4. The zero-order valence-electron chi connectivity index (χ0n) is 7.50. The predicted molar refractivity (Wildman–Crippen MR) is 55.7 cm³/mol. The van der Waals surface area contributed by atoms with Crippen LogP contribution >= 0.6 is 15.9 Å². The van der Waals surface area contributed by atoms with E-state index in [2.05, 4.69) is 45.0 Å². The maximum atomic E-state index is 4.24. The SMILES string of the molecule is CC(C)c1ccnc2c(Br)[nH]nc12. The van der Waals surface area contributed by atoms with Crippen LogP contribution < -0.4 is 0 Å². The van der Waals surface area contributed by atoms with Gasteiger partial charge in [-0.25, -0.2) is 0 Å². The minimum atomic E-state index is 0.473. The van der Waals surface area contributed by atoms with Crippen molar-refractivity contribution in [2.24, 2.45) is 0 Å². The van der Waals surface area contributed by atoms with Crippen LogP contribution in [0.4, 0.5) is 0 Å². The third-order valence-electron chi connectivity index (χ3n) is 2.05. The van der Waals surface area contributed by atoms with Gasteiger partial charge < -0.3 is 0 Å². The molecule has 0 bridgehead atoms. The van der Waals surface area contributed by atoms with Crippen LogP contribution in [0.5, 0.6) is 0 Å². The van der Waals surface area contributed by atoms with Crippen LogP contribution in [0.3, 0.4) is 0 Å². The quantitative estimate of drug-likeness (QED) is 0.832. The summed E-state index contributed by atoms with van der Waals surface area (Å²) in [5.41, 5.74) is 3.10. The molecule has 68 valence electrons. The number of fused-ring (bicyclic) bond motifs is 1. The molecule has 0 fully saturated rings. The largest absolute Gasteiger partial charge is 0.269 e. The van der Waals surface area contributed by atoms with E-state index in [1.54, 1.807) is 0 Å². The lowest BCUT2D eigenvalue weighted by Gasteiger charge is -2.03. The van der Waals surface area contributed by atoms with E-state index in [0.717, 1.165) is 15.6 Å². The highest BCUT2D eigenvalue weighted by Gasteiger charge is 2.10.